The predicted octanol–water partition coefficient (Wildman–Crippen LogP) is 6.66. The molecule has 0 fully saturated rings. The first-order valence-electron chi connectivity index (χ1n) is 10.6. The van der Waals surface area contributed by atoms with E-state index in [9.17, 15) is 9.18 Å². The Morgan fingerprint density at radius 2 is 1.97 bits per heavy atom. The van der Waals surface area contributed by atoms with Crippen molar-refractivity contribution in [3.05, 3.63) is 107 Å². The fourth-order valence-corrected chi connectivity index (χ4v) is 4.04. The summed E-state index contributed by atoms with van der Waals surface area (Å²) in [5.41, 5.74) is 5.09. The van der Waals surface area contributed by atoms with Crippen molar-refractivity contribution >= 4 is 45.9 Å². The van der Waals surface area contributed by atoms with E-state index in [1.54, 1.807) is 24.3 Å². The topological polar surface area (TPSA) is 64.1 Å². The van der Waals surface area contributed by atoms with Crippen molar-refractivity contribution in [2.24, 2.45) is 0 Å². The lowest BCUT2D eigenvalue weighted by atomic mass is 10.0. The highest BCUT2D eigenvalue weighted by atomic mass is 35.5. The van der Waals surface area contributed by atoms with Crippen molar-refractivity contribution in [3.8, 4) is 5.75 Å². The van der Waals surface area contributed by atoms with Gasteiger partial charge in [-0.15, -0.1) is 0 Å². The fourth-order valence-electron chi connectivity index (χ4n) is 3.80. The summed E-state index contributed by atoms with van der Waals surface area (Å²) in [4.78, 5) is 19.8. The van der Waals surface area contributed by atoms with Crippen LogP contribution in [0.5, 0.6) is 5.75 Å². The van der Waals surface area contributed by atoms with E-state index in [1.807, 2.05) is 36.4 Å². The Morgan fingerprint density at radius 1 is 1.06 bits per heavy atom. The van der Waals surface area contributed by atoms with Gasteiger partial charge < -0.3 is 10.1 Å². The van der Waals surface area contributed by atoms with Crippen LogP contribution in [0.15, 0.2) is 84.7 Å². The van der Waals surface area contributed by atoms with Gasteiger partial charge in [0.1, 0.15) is 36.6 Å². The van der Waals surface area contributed by atoms with E-state index < -0.39 is 0 Å². The minimum Gasteiger partial charge on any atom is -0.487 e. The third kappa shape index (κ3) is 4.67. The lowest BCUT2D eigenvalue weighted by molar-refractivity contribution is -0.104. The number of hydrogen-bond acceptors (Lipinski definition) is 5. The normalized spacial score (nSPS) is 12.9. The highest BCUT2D eigenvalue weighted by Gasteiger charge is 2.13. The van der Waals surface area contributed by atoms with Gasteiger partial charge in [0.15, 0.2) is 0 Å². The van der Waals surface area contributed by atoms with Crippen LogP contribution in [0.2, 0.25) is 5.02 Å². The van der Waals surface area contributed by atoms with Crippen LogP contribution in [0, 0.1) is 5.82 Å². The molecule has 5 nitrogen and oxygen atoms in total. The summed E-state index contributed by atoms with van der Waals surface area (Å²) >= 11 is 6.44. The number of halogens is 2. The van der Waals surface area contributed by atoms with Crippen molar-refractivity contribution in [2.45, 2.75) is 13.0 Å². The molecule has 0 saturated carbocycles. The van der Waals surface area contributed by atoms with Gasteiger partial charge in [-0.3, -0.25) is 4.79 Å². The molecule has 1 heterocycles. The lowest BCUT2D eigenvalue weighted by Crippen LogP contribution is -1.99. The van der Waals surface area contributed by atoms with Crippen LogP contribution in [0.1, 0.15) is 17.5 Å². The van der Waals surface area contributed by atoms with Crippen molar-refractivity contribution in [1.82, 2.24) is 9.97 Å². The molecular weight excluding hydrogens is 453 g/mol. The second-order valence-corrected chi connectivity index (χ2v) is 8.28. The standard InChI is InChI=1S/C27H19ClFN3O2/c28-24-13-22(7-9-26(24)34-15-18-2-1-3-21(29)11-18)32-27-23-12-20(6-8-25(23)30-16-31-27)19-5-4-17(10-19)14-33/h1-9,11-14,16H,10,15H2,(H,30,31,32). The lowest BCUT2D eigenvalue weighted by Gasteiger charge is -2.13. The Hall–Kier alpha value is -4.03. The minimum absolute atomic E-state index is 0.208. The summed E-state index contributed by atoms with van der Waals surface area (Å²) in [6.45, 7) is 0.208. The summed E-state index contributed by atoms with van der Waals surface area (Å²) in [6.07, 6.45) is 6.80. The summed E-state index contributed by atoms with van der Waals surface area (Å²) in [5.74, 6) is 0.827. The molecule has 0 spiro atoms. The van der Waals surface area contributed by atoms with Gasteiger partial charge in [-0.05, 0) is 64.7 Å². The van der Waals surface area contributed by atoms with Crippen molar-refractivity contribution in [1.29, 1.82) is 0 Å². The number of hydrogen-bond donors (Lipinski definition) is 1. The quantitative estimate of drug-likeness (QED) is 0.305. The fraction of sp³-hybridized carbons (Fsp3) is 0.0741. The molecule has 0 atom stereocenters. The van der Waals surface area contributed by atoms with E-state index in [1.165, 1.54) is 18.5 Å². The molecule has 34 heavy (non-hydrogen) atoms. The van der Waals surface area contributed by atoms with Crippen molar-refractivity contribution < 1.29 is 13.9 Å². The number of aldehydes is 1. The van der Waals surface area contributed by atoms with Gasteiger partial charge in [-0.2, -0.15) is 0 Å². The van der Waals surface area contributed by atoms with E-state index in [2.05, 4.69) is 15.3 Å². The summed E-state index contributed by atoms with van der Waals surface area (Å²) in [6, 6.07) is 17.5. The zero-order valence-electron chi connectivity index (χ0n) is 18.0. The Morgan fingerprint density at radius 3 is 2.76 bits per heavy atom. The number of allylic oxidation sites excluding steroid dienone is 4. The zero-order chi connectivity index (χ0) is 23.5. The predicted molar refractivity (Wildman–Crippen MR) is 132 cm³/mol. The molecule has 0 saturated heterocycles. The molecule has 1 aromatic heterocycles. The number of nitrogens with one attached hydrogen (secondary N) is 1. The van der Waals surface area contributed by atoms with Gasteiger partial charge in [-0.25, -0.2) is 14.4 Å². The molecule has 1 N–H and O–H groups in total. The van der Waals surface area contributed by atoms with Crippen molar-refractivity contribution in [3.63, 3.8) is 0 Å². The number of carbonyl (C=O) groups excluding carboxylic acids is 1. The third-order valence-electron chi connectivity index (χ3n) is 5.53. The smallest absolute Gasteiger partial charge is 0.146 e. The van der Waals surface area contributed by atoms with E-state index in [0.717, 1.165) is 45.1 Å². The van der Waals surface area contributed by atoms with Crippen LogP contribution in [-0.2, 0) is 11.4 Å². The Labute approximate surface area is 200 Å². The SMILES string of the molecule is O=CC1=CC=C(c2ccc3ncnc(Nc4ccc(OCc5cccc(F)c5)c(Cl)c4)c3c2)C1. The maximum absolute atomic E-state index is 13.4. The Balaban J connectivity index is 1.36. The maximum atomic E-state index is 13.4. The van der Waals surface area contributed by atoms with Gasteiger partial charge >= 0.3 is 0 Å². The maximum Gasteiger partial charge on any atom is 0.146 e. The van der Waals surface area contributed by atoms with Gasteiger partial charge in [0, 0.05) is 17.5 Å². The number of nitrogens with zero attached hydrogens (tertiary/aromatic N) is 2. The molecule has 5 rings (SSSR count). The van der Waals surface area contributed by atoms with E-state index in [4.69, 9.17) is 16.3 Å². The summed E-state index contributed by atoms with van der Waals surface area (Å²) in [5, 5.41) is 4.58. The molecule has 0 radical (unpaired) electrons. The number of benzene rings is 3. The zero-order valence-corrected chi connectivity index (χ0v) is 18.7. The molecular formula is C27H19ClFN3O2. The van der Waals surface area contributed by atoms with Crippen molar-refractivity contribution in [2.75, 3.05) is 5.32 Å². The highest BCUT2D eigenvalue weighted by molar-refractivity contribution is 6.32. The molecule has 0 aliphatic heterocycles. The first-order chi connectivity index (χ1) is 16.6. The number of ether oxygens (including phenoxy) is 1. The number of rotatable bonds is 7. The highest BCUT2D eigenvalue weighted by Crippen LogP contribution is 2.33. The number of anilines is 2. The van der Waals surface area contributed by atoms with Crippen LogP contribution in [0.4, 0.5) is 15.9 Å². The molecule has 7 heteroatoms. The van der Waals surface area contributed by atoms with Crippen LogP contribution in [0.25, 0.3) is 16.5 Å². The number of carbonyl (C=O) groups is 1. The largest absolute Gasteiger partial charge is 0.487 e. The monoisotopic (exact) mass is 471 g/mol. The molecule has 0 bridgehead atoms. The number of fused-ring (bicyclic) bond motifs is 1. The molecule has 0 amide bonds. The first kappa shape index (κ1) is 21.8. The van der Waals surface area contributed by atoms with Gasteiger partial charge in [-0.1, -0.05) is 42.0 Å². The van der Waals surface area contributed by atoms with Crippen LogP contribution in [0.3, 0.4) is 0 Å². The van der Waals surface area contributed by atoms with Crippen LogP contribution >= 0.6 is 11.6 Å². The average molecular weight is 472 g/mol. The summed E-state index contributed by atoms with van der Waals surface area (Å²) < 4.78 is 19.1. The minimum atomic E-state index is -0.309. The molecule has 168 valence electrons. The Bertz CT molecular complexity index is 1470. The van der Waals surface area contributed by atoms with Gasteiger partial charge in [0.25, 0.3) is 0 Å². The number of aromatic nitrogens is 2. The van der Waals surface area contributed by atoms with E-state index >= 15 is 0 Å². The van der Waals surface area contributed by atoms with Crippen LogP contribution < -0.4 is 10.1 Å². The van der Waals surface area contributed by atoms with Crippen LogP contribution in [-0.4, -0.2) is 16.3 Å². The molecule has 1 aliphatic rings. The van der Waals surface area contributed by atoms with Gasteiger partial charge in [0.05, 0.1) is 10.5 Å². The summed E-state index contributed by atoms with van der Waals surface area (Å²) in [7, 11) is 0. The molecule has 0 unspecified atom stereocenters. The van der Waals surface area contributed by atoms with E-state index in [-0.39, 0.29) is 12.4 Å². The second kappa shape index (κ2) is 9.45. The van der Waals surface area contributed by atoms with E-state index in [0.29, 0.717) is 23.0 Å². The third-order valence-corrected chi connectivity index (χ3v) is 5.82. The second-order valence-electron chi connectivity index (χ2n) is 7.87. The van der Waals surface area contributed by atoms with Gasteiger partial charge in [0.2, 0.25) is 0 Å². The Kier molecular flexibility index (Phi) is 6.06. The molecule has 1 aliphatic carbocycles. The molecule has 4 aromatic rings. The molecule has 3 aromatic carbocycles. The average Bonchev–Trinajstić information content (AvgIpc) is 3.33. The first-order valence-corrected chi connectivity index (χ1v) is 11.0.